The number of piperidine rings is 1. The fourth-order valence-corrected chi connectivity index (χ4v) is 4.28. The summed E-state index contributed by atoms with van der Waals surface area (Å²) in [5.41, 5.74) is -0.826. The molecular weight excluding hydrogens is 340 g/mol. The highest BCUT2D eigenvalue weighted by Gasteiger charge is 2.45. The third-order valence-electron chi connectivity index (χ3n) is 5.41. The Morgan fingerprint density at radius 3 is 2.44 bits per heavy atom. The summed E-state index contributed by atoms with van der Waals surface area (Å²) in [6.45, 7) is 8.60. The molecule has 0 bridgehead atoms. The molecule has 1 aliphatic rings. The maximum absolute atomic E-state index is 12.4. The first-order valence-electron chi connectivity index (χ1n) is 9.68. The number of rotatable bonds is 6. The Labute approximate surface area is 161 Å². The van der Waals surface area contributed by atoms with Gasteiger partial charge in [-0.3, -0.25) is 0 Å². The summed E-state index contributed by atoms with van der Waals surface area (Å²) in [5, 5.41) is 29.6. The average Bonchev–Trinajstić information content (AvgIpc) is 2.62. The van der Waals surface area contributed by atoms with Gasteiger partial charge in [0.1, 0.15) is 18.5 Å². The lowest BCUT2D eigenvalue weighted by Gasteiger charge is -2.50. The normalized spacial score (nSPS) is 21.3. The lowest BCUT2D eigenvalue weighted by molar-refractivity contribution is -0.290. The molecule has 1 saturated heterocycles. The molecule has 27 heavy (non-hydrogen) atoms. The van der Waals surface area contributed by atoms with Gasteiger partial charge < -0.3 is 15.2 Å². The third-order valence-corrected chi connectivity index (χ3v) is 5.41. The quantitative estimate of drug-likeness (QED) is 0.815. The highest BCUT2D eigenvalue weighted by molar-refractivity contribution is 5.88. The molecule has 5 heteroatoms. The Morgan fingerprint density at radius 1 is 1.11 bits per heavy atom. The van der Waals surface area contributed by atoms with Crippen molar-refractivity contribution in [3.8, 4) is 5.75 Å². The van der Waals surface area contributed by atoms with Gasteiger partial charge in [0.15, 0.2) is 0 Å². The number of hydrogen-bond acceptors (Lipinski definition) is 4. The number of hydrogen-bond donors (Lipinski definition) is 2. The number of nitrogens with zero attached hydrogens (tertiary/aromatic N) is 1. The molecule has 0 spiro atoms. The summed E-state index contributed by atoms with van der Waals surface area (Å²) in [4.78, 5) is 0. The number of hydroxylamine groups is 2. The standard InChI is InChI=1S/C22H31N2O3/c1-21(2)12-17(13-22(3,4)24(21)26)23-14-18(25)15-27-20-11-7-9-16-8-5-6-10-19(16)20/h5-11,17-18,23,25H,12-15H2,1-4H3. The van der Waals surface area contributed by atoms with E-state index < -0.39 is 17.2 Å². The van der Waals surface area contributed by atoms with Crippen LogP contribution in [-0.2, 0) is 5.21 Å². The number of benzene rings is 2. The van der Waals surface area contributed by atoms with E-state index in [-0.39, 0.29) is 12.6 Å². The maximum Gasteiger partial charge on any atom is 0.127 e. The van der Waals surface area contributed by atoms with Crippen LogP contribution in [0.15, 0.2) is 42.5 Å². The minimum Gasteiger partial charge on any atom is -0.490 e. The largest absolute Gasteiger partial charge is 0.490 e. The van der Waals surface area contributed by atoms with E-state index in [9.17, 15) is 10.3 Å². The second kappa shape index (κ2) is 7.76. The molecule has 3 rings (SSSR count). The summed E-state index contributed by atoms with van der Waals surface area (Å²) in [5.74, 6) is 0.786. The maximum atomic E-state index is 12.4. The summed E-state index contributed by atoms with van der Waals surface area (Å²) in [6, 6.07) is 14.2. The minimum absolute atomic E-state index is 0.201. The van der Waals surface area contributed by atoms with Crippen LogP contribution in [-0.4, -0.2) is 46.5 Å². The topological polar surface area (TPSA) is 64.6 Å². The molecule has 0 aliphatic carbocycles. The molecular formula is C22H31N2O3. The van der Waals surface area contributed by atoms with Gasteiger partial charge in [-0.05, 0) is 52.0 Å². The van der Waals surface area contributed by atoms with Gasteiger partial charge in [0.05, 0.1) is 0 Å². The van der Waals surface area contributed by atoms with E-state index in [1.165, 1.54) is 5.06 Å². The van der Waals surface area contributed by atoms with Crippen molar-refractivity contribution in [3.63, 3.8) is 0 Å². The van der Waals surface area contributed by atoms with Crippen molar-refractivity contribution in [1.82, 2.24) is 10.4 Å². The van der Waals surface area contributed by atoms with Gasteiger partial charge in [-0.15, -0.1) is 10.3 Å². The van der Waals surface area contributed by atoms with Crippen LogP contribution in [0.3, 0.4) is 0 Å². The molecule has 2 aromatic carbocycles. The van der Waals surface area contributed by atoms with Gasteiger partial charge >= 0.3 is 0 Å². The van der Waals surface area contributed by atoms with Crippen LogP contribution in [0.1, 0.15) is 40.5 Å². The van der Waals surface area contributed by atoms with Gasteiger partial charge in [-0.1, -0.05) is 36.4 Å². The second-order valence-electron chi connectivity index (χ2n) is 8.87. The van der Waals surface area contributed by atoms with Crippen molar-refractivity contribution >= 4 is 10.8 Å². The van der Waals surface area contributed by atoms with Crippen LogP contribution in [0.5, 0.6) is 5.75 Å². The lowest BCUT2D eigenvalue weighted by Crippen LogP contribution is -2.62. The number of nitrogens with one attached hydrogen (secondary N) is 1. The third kappa shape index (κ3) is 4.61. The Hall–Kier alpha value is -1.66. The molecule has 1 unspecified atom stereocenters. The van der Waals surface area contributed by atoms with E-state index in [0.29, 0.717) is 6.54 Å². The van der Waals surface area contributed by atoms with Crippen molar-refractivity contribution in [1.29, 1.82) is 0 Å². The monoisotopic (exact) mass is 371 g/mol. The van der Waals surface area contributed by atoms with Crippen molar-refractivity contribution < 1.29 is 15.1 Å². The summed E-state index contributed by atoms with van der Waals surface area (Å²) in [6.07, 6.45) is 0.911. The number of aliphatic hydroxyl groups is 1. The fourth-order valence-electron chi connectivity index (χ4n) is 4.28. The van der Waals surface area contributed by atoms with E-state index in [2.05, 4.69) is 5.32 Å². The highest BCUT2D eigenvalue weighted by atomic mass is 16.5. The second-order valence-corrected chi connectivity index (χ2v) is 8.87. The van der Waals surface area contributed by atoms with Gasteiger partial charge in [0.25, 0.3) is 0 Å². The number of ether oxygens (including phenoxy) is 1. The van der Waals surface area contributed by atoms with Gasteiger partial charge in [-0.25, -0.2) is 0 Å². The zero-order valence-corrected chi connectivity index (χ0v) is 16.7. The Balaban J connectivity index is 1.53. The van der Waals surface area contributed by atoms with Gasteiger partial charge in [0, 0.05) is 29.1 Å². The van der Waals surface area contributed by atoms with Crippen molar-refractivity contribution in [2.24, 2.45) is 0 Å². The molecule has 1 fully saturated rings. The SMILES string of the molecule is CC1(C)CC(NCC(O)COc2cccc3ccccc23)CC(C)(C)N1[O]. The van der Waals surface area contributed by atoms with E-state index >= 15 is 0 Å². The molecule has 1 heterocycles. The first kappa shape index (κ1) is 20.1. The van der Waals surface area contributed by atoms with Crippen LogP contribution >= 0.6 is 0 Å². The Morgan fingerprint density at radius 2 is 1.74 bits per heavy atom. The van der Waals surface area contributed by atoms with Crippen LogP contribution in [0.4, 0.5) is 0 Å². The minimum atomic E-state index is -0.611. The molecule has 0 saturated carbocycles. The summed E-state index contributed by atoms with van der Waals surface area (Å²) in [7, 11) is 0. The van der Waals surface area contributed by atoms with E-state index in [4.69, 9.17) is 4.74 Å². The predicted molar refractivity (Wildman–Crippen MR) is 107 cm³/mol. The van der Waals surface area contributed by atoms with Crippen LogP contribution in [0.25, 0.3) is 10.8 Å². The molecule has 2 aromatic rings. The molecule has 1 radical (unpaired) electrons. The molecule has 147 valence electrons. The van der Waals surface area contributed by atoms with Crippen molar-refractivity contribution in [3.05, 3.63) is 42.5 Å². The zero-order valence-electron chi connectivity index (χ0n) is 16.7. The van der Waals surface area contributed by atoms with Crippen molar-refractivity contribution in [2.75, 3.05) is 13.2 Å². The number of fused-ring (bicyclic) bond motifs is 1. The Kier molecular flexibility index (Phi) is 5.77. The van der Waals surface area contributed by atoms with E-state index in [0.717, 1.165) is 29.4 Å². The van der Waals surface area contributed by atoms with E-state index in [1.54, 1.807) is 0 Å². The predicted octanol–water partition coefficient (Wildman–Crippen LogP) is 3.54. The zero-order chi connectivity index (χ0) is 19.7. The van der Waals surface area contributed by atoms with Crippen LogP contribution < -0.4 is 10.1 Å². The van der Waals surface area contributed by atoms with Gasteiger partial charge in [0.2, 0.25) is 0 Å². The molecule has 0 aromatic heterocycles. The van der Waals surface area contributed by atoms with E-state index in [1.807, 2.05) is 70.2 Å². The molecule has 5 nitrogen and oxygen atoms in total. The first-order chi connectivity index (χ1) is 12.7. The average molecular weight is 372 g/mol. The summed E-state index contributed by atoms with van der Waals surface area (Å²) < 4.78 is 5.87. The van der Waals surface area contributed by atoms with Crippen LogP contribution in [0, 0.1) is 0 Å². The fraction of sp³-hybridized carbons (Fsp3) is 0.545. The number of aliphatic hydroxyl groups excluding tert-OH is 1. The van der Waals surface area contributed by atoms with Crippen LogP contribution in [0.2, 0.25) is 0 Å². The molecule has 1 aliphatic heterocycles. The molecule has 1 atom stereocenters. The molecule has 2 N–H and O–H groups in total. The molecule has 0 amide bonds. The highest BCUT2D eigenvalue weighted by Crippen LogP contribution is 2.37. The van der Waals surface area contributed by atoms with Crippen molar-refractivity contribution in [2.45, 2.75) is 63.8 Å². The summed E-state index contributed by atoms with van der Waals surface area (Å²) >= 11 is 0. The van der Waals surface area contributed by atoms with Gasteiger partial charge in [-0.2, -0.15) is 0 Å². The first-order valence-corrected chi connectivity index (χ1v) is 9.68. The Bertz CT molecular complexity index is 752. The lowest BCUT2D eigenvalue weighted by atomic mass is 9.79. The smallest absolute Gasteiger partial charge is 0.127 e.